The number of carbonyl (C=O) groups excluding carboxylic acids is 1. The largest absolute Gasteiger partial charge is 0.493 e. The lowest BCUT2D eigenvalue weighted by Gasteiger charge is -2.06. The molecule has 0 aliphatic rings. The van der Waals surface area contributed by atoms with Crippen LogP contribution in [0.3, 0.4) is 0 Å². The average Bonchev–Trinajstić information content (AvgIpc) is 2.98. The molecule has 0 unspecified atom stereocenters. The van der Waals surface area contributed by atoms with Crippen molar-refractivity contribution in [1.29, 1.82) is 5.26 Å². The monoisotopic (exact) mass is 289 g/mol. The fourth-order valence-electron chi connectivity index (χ4n) is 1.66. The van der Waals surface area contributed by atoms with Crippen molar-refractivity contribution in [3.8, 4) is 11.8 Å². The van der Waals surface area contributed by atoms with Crippen molar-refractivity contribution >= 4 is 17.1 Å². The summed E-state index contributed by atoms with van der Waals surface area (Å²) < 4.78 is 18.7. The Labute approximate surface area is 120 Å². The molecular formula is C15H12FNO2S. The van der Waals surface area contributed by atoms with Gasteiger partial charge in [-0.25, -0.2) is 4.39 Å². The van der Waals surface area contributed by atoms with E-state index in [1.165, 1.54) is 23.5 Å². The van der Waals surface area contributed by atoms with Crippen LogP contribution in [0.2, 0.25) is 0 Å². The number of benzene rings is 1. The molecule has 0 N–H and O–H groups in total. The Kier molecular flexibility index (Phi) is 4.85. The summed E-state index contributed by atoms with van der Waals surface area (Å²) in [7, 11) is 0. The van der Waals surface area contributed by atoms with Crippen LogP contribution in [0.1, 0.15) is 28.1 Å². The molecule has 5 heteroatoms. The summed E-state index contributed by atoms with van der Waals surface area (Å²) >= 11 is 1.42. The van der Waals surface area contributed by atoms with Crippen LogP contribution in [0.15, 0.2) is 35.7 Å². The molecule has 0 saturated carbocycles. The second-order valence-electron chi connectivity index (χ2n) is 4.11. The molecular weight excluding hydrogens is 277 g/mol. The minimum atomic E-state index is -0.598. The maximum Gasteiger partial charge on any atom is 0.172 e. The number of carbonyl (C=O) groups is 1. The van der Waals surface area contributed by atoms with Gasteiger partial charge in [0.25, 0.3) is 0 Å². The topological polar surface area (TPSA) is 50.1 Å². The summed E-state index contributed by atoms with van der Waals surface area (Å²) in [6.45, 7) is 0.336. The third kappa shape index (κ3) is 3.65. The van der Waals surface area contributed by atoms with E-state index >= 15 is 0 Å². The number of halogens is 1. The van der Waals surface area contributed by atoms with Crippen molar-refractivity contribution in [2.45, 2.75) is 12.8 Å². The molecule has 0 spiro atoms. The van der Waals surface area contributed by atoms with Gasteiger partial charge in [0.1, 0.15) is 17.6 Å². The minimum Gasteiger partial charge on any atom is -0.493 e. The van der Waals surface area contributed by atoms with Crippen molar-refractivity contribution in [2.75, 3.05) is 6.61 Å². The summed E-state index contributed by atoms with van der Waals surface area (Å²) in [5.41, 5.74) is -0.00905. The van der Waals surface area contributed by atoms with Gasteiger partial charge >= 0.3 is 0 Å². The third-order valence-corrected chi connectivity index (χ3v) is 3.58. The van der Waals surface area contributed by atoms with Crippen molar-refractivity contribution in [2.24, 2.45) is 0 Å². The fourth-order valence-corrected chi connectivity index (χ4v) is 2.35. The average molecular weight is 289 g/mol. The Hall–Kier alpha value is -2.19. The van der Waals surface area contributed by atoms with Crippen LogP contribution >= 0.6 is 11.3 Å². The standard InChI is InChI=1S/C15H12FNO2S/c16-13-9-12(6-5-11(13)10-17)19-7-1-3-14(18)15-4-2-8-20-15/h2,4-6,8-9H,1,3,7H2. The Morgan fingerprint density at radius 3 is 2.90 bits per heavy atom. The fraction of sp³-hybridized carbons (Fsp3) is 0.200. The van der Waals surface area contributed by atoms with Gasteiger partial charge in [-0.3, -0.25) is 4.79 Å². The number of rotatable bonds is 6. The van der Waals surface area contributed by atoms with Crippen LogP contribution in [0, 0.1) is 17.1 Å². The molecule has 0 saturated heterocycles. The van der Waals surface area contributed by atoms with Crippen LogP contribution < -0.4 is 4.74 Å². The maximum absolute atomic E-state index is 13.3. The Morgan fingerprint density at radius 2 is 2.25 bits per heavy atom. The van der Waals surface area contributed by atoms with Gasteiger partial charge in [0, 0.05) is 12.5 Å². The molecule has 2 aromatic rings. The molecule has 1 heterocycles. The van der Waals surface area contributed by atoms with Crippen molar-refractivity contribution in [3.63, 3.8) is 0 Å². The summed E-state index contributed by atoms with van der Waals surface area (Å²) in [5.74, 6) is -0.139. The van der Waals surface area contributed by atoms with E-state index in [0.29, 0.717) is 25.2 Å². The van der Waals surface area contributed by atoms with Crippen LogP contribution in [0.4, 0.5) is 4.39 Å². The van der Waals surface area contributed by atoms with E-state index < -0.39 is 5.82 Å². The number of nitriles is 1. The van der Waals surface area contributed by atoms with Gasteiger partial charge in [-0.2, -0.15) is 5.26 Å². The summed E-state index contributed by atoms with van der Waals surface area (Å²) in [6.07, 6.45) is 0.970. The van der Waals surface area contributed by atoms with Crippen LogP contribution in [0.25, 0.3) is 0 Å². The zero-order chi connectivity index (χ0) is 14.4. The van der Waals surface area contributed by atoms with Crippen molar-refractivity contribution < 1.29 is 13.9 Å². The SMILES string of the molecule is N#Cc1ccc(OCCCC(=O)c2cccs2)cc1F. The molecule has 1 aromatic carbocycles. The van der Waals surface area contributed by atoms with Crippen LogP contribution in [-0.2, 0) is 0 Å². The molecule has 0 bridgehead atoms. The zero-order valence-corrected chi connectivity index (χ0v) is 11.5. The Balaban J connectivity index is 1.78. The number of ether oxygens (including phenoxy) is 1. The van der Waals surface area contributed by atoms with Gasteiger partial charge in [0.2, 0.25) is 0 Å². The lowest BCUT2D eigenvalue weighted by molar-refractivity contribution is 0.0977. The van der Waals surface area contributed by atoms with E-state index in [1.54, 1.807) is 18.2 Å². The Morgan fingerprint density at radius 1 is 1.40 bits per heavy atom. The molecule has 0 radical (unpaired) electrons. The lowest BCUT2D eigenvalue weighted by atomic mass is 10.2. The number of hydrogen-bond acceptors (Lipinski definition) is 4. The Bertz CT molecular complexity index is 632. The molecule has 102 valence electrons. The first-order valence-corrected chi connectivity index (χ1v) is 6.98. The van der Waals surface area contributed by atoms with E-state index in [2.05, 4.69) is 0 Å². The number of nitrogens with zero attached hydrogens (tertiary/aromatic N) is 1. The van der Waals surface area contributed by atoms with Gasteiger partial charge in [-0.05, 0) is 30.0 Å². The molecule has 0 fully saturated rings. The zero-order valence-electron chi connectivity index (χ0n) is 10.6. The summed E-state index contributed by atoms with van der Waals surface area (Å²) in [4.78, 5) is 12.5. The van der Waals surface area contributed by atoms with E-state index in [4.69, 9.17) is 10.00 Å². The van der Waals surface area contributed by atoms with E-state index in [-0.39, 0.29) is 11.3 Å². The van der Waals surface area contributed by atoms with E-state index in [1.807, 2.05) is 11.4 Å². The number of hydrogen-bond donors (Lipinski definition) is 0. The molecule has 0 aliphatic heterocycles. The normalized spacial score (nSPS) is 10.0. The molecule has 1 aromatic heterocycles. The summed E-state index contributed by atoms with van der Waals surface area (Å²) in [6, 6.07) is 9.48. The summed E-state index contributed by atoms with van der Waals surface area (Å²) in [5, 5.41) is 10.5. The van der Waals surface area contributed by atoms with Crippen molar-refractivity contribution in [3.05, 3.63) is 52.0 Å². The first kappa shape index (κ1) is 14.2. The number of thiophene rings is 1. The third-order valence-electron chi connectivity index (χ3n) is 2.67. The van der Waals surface area contributed by atoms with Gasteiger partial charge in [0.05, 0.1) is 17.0 Å². The van der Waals surface area contributed by atoms with Crippen LogP contribution in [0.5, 0.6) is 5.75 Å². The second-order valence-corrected chi connectivity index (χ2v) is 5.05. The van der Waals surface area contributed by atoms with E-state index in [9.17, 15) is 9.18 Å². The second kappa shape index (κ2) is 6.83. The number of ketones is 1. The first-order chi connectivity index (χ1) is 9.70. The molecule has 0 atom stereocenters. The maximum atomic E-state index is 13.3. The quantitative estimate of drug-likeness (QED) is 0.600. The van der Waals surface area contributed by atoms with E-state index in [0.717, 1.165) is 4.88 Å². The number of Topliss-reactive ketones (excluding diaryl/α,β-unsaturated/α-hetero) is 1. The smallest absolute Gasteiger partial charge is 0.172 e. The molecule has 3 nitrogen and oxygen atoms in total. The van der Waals surface area contributed by atoms with Gasteiger partial charge < -0.3 is 4.74 Å². The highest BCUT2D eigenvalue weighted by Crippen LogP contribution is 2.17. The highest BCUT2D eigenvalue weighted by molar-refractivity contribution is 7.12. The minimum absolute atomic E-state index is 0.00905. The molecule has 2 rings (SSSR count). The first-order valence-electron chi connectivity index (χ1n) is 6.10. The predicted molar refractivity (Wildman–Crippen MR) is 74.5 cm³/mol. The lowest BCUT2D eigenvalue weighted by Crippen LogP contribution is -2.03. The predicted octanol–water partition coefficient (Wildman–Crippen LogP) is 3.80. The highest BCUT2D eigenvalue weighted by Gasteiger charge is 2.07. The molecule has 20 heavy (non-hydrogen) atoms. The molecule has 0 aliphatic carbocycles. The van der Waals surface area contributed by atoms with Gasteiger partial charge in [0.15, 0.2) is 5.78 Å². The van der Waals surface area contributed by atoms with Crippen LogP contribution in [-0.4, -0.2) is 12.4 Å². The van der Waals surface area contributed by atoms with Crippen molar-refractivity contribution in [1.82, 2.24) is 0 Å². The van der Waals surface area contributed by atoms with Gasteiger partial charge in [-0.15, -0.1) is 11.3 Å². The van der Waals surface area contributed by atoms with Gasteiger partial charge in [-0.1, -0.05) is 6.07 Å². The molecule has 0 amide bonds. The highest BCUT2D eigenvalue weighted by atomic mass is 32.1.